The lowest BCUT2D eigenvalue weighted by Gasteiger charge is -2.25. The maximum atomic E-state index is 12.6. The molecular weight excluding hydrogens is 266 g/mol. The van der Waals surface area contributed by atoms with E-state index in [9.17, 15) is 4.79 Å². The molecule has 1 fully saturated rings. The van der Waals surface area contributed by atoms with Crippen molar-refractivity contribution in [1.29, 1.82) is 0 Å². The largest absolute Gasteiger partial charge is 0.497 e. The molecule has 0 aliphatic carbocycles. The number of nitrogens with one attached hydrogen (secondary N) is 1. The molecule has 1 amide bonds. The summed E-state index contributed by atoms with van der Waals surface area (Å²) >= 11 is 0. The van der Waals surface area contributed by atoms with E-state index in [0.717, 1.165) is 30.7 Å². The van der Waals surface area contributed by atoms with Crippen LogP contribution in [0.3, 0.4) is 0 Å². The number of hydrogen-bond acceptors (Lipinski definition) is 3. The van der Waals surface area contributed by atoms with Crippen molar-refractivity contribution in [2.24, 2.45) is 0 Å². The molecule has 2 heterocycles. The molecule has 110 valence electrons. The Morgan fingerprint density at radius 3 is 3.00 bits per heavy atom. The van der Waals surface area contributed by atoms with Crippen LogP contribution in [-0.4, -0.2) is 29.4 Å². The SMILES string of the molecule is COc1cccc(C2CCCN2C(=O)c2cc(N)c[nH]2)c1. The Morgan fingerprint density at radius 1 is 1.43 bits per heavy atom. The van der Waals surface area contributed by atoms with Crippen LogP contribution in [0.1, 0.15) is 34.9 Å². The number of carbonyl (C=O) groups excluding carboxylic acids is 1. The van der Waals surface area contributed by atoms with Crippen molar-refractivity contribution in [2.45, 2.75) is 18.9 Å². The summed E-state index contributed by atoms with van der Waals surface area (Å²) in [4.78, 5) is 17.4. The minimum atomic E-state index is -0.00276. The molecule has 0 spiro atoms. The van der Waals surface area contributed by atoms with E-state index in [4.69, 9.17) is 10.5 Å². The van der Waals surface area contributed by atoms with Gasteiger partial charge in [-0.1, -0.05) is 12.1 Å². The summed E-state index contributed by atoms with van der Waals surface area (Å²) in [6.07, 6.45) is 3.61. The summed E-state index contributed by atoms with van der Waals surface area (Å²) in [6.45, 7) is 0.764. The van der Waals surface area contributed by atoms with E-state index >= 15 is 0 Å². The number of rotatable bonds is 3. The van der Waals surface area contributed by atoms with Crippen LogP contribution in [0.15, 0.2) is 36.5 Å². The third kappa shape index (κ3) is 2.59. The molecule has 1 aliphatic heterocycles. The number of nitrogens with two attached hydrogens (primary N) is 1. The summed E-state index contributed by atoms with van der Waals surface area (Å²) in [5, 5.41) is 0. The Hall–Kier alpha value is -2.43. The highest BCUT2D eigenvalue weighted by molar-refractivity contribution is 5.93. The van der Waals surface area contributed by atoms with E-state index in [1.165, 1.54) is 0 Å². The van der Waals surface area contributed by atoms with Gasteiger partial charge in [0.25, 0.3) is 5.91 Å². The Morgan fingerprint density at radius 2 is 2.29 bits per heavy atom. The molecule has 1 unspecified atom stereocenters. The van der Waals surface area contributed by atoms with Crippen molar-refractivity contribution in [3.05, 3.63) is 47.8 Å². The average molecular weight is 285 g/mol. The number of H-pyrrole nitrogens is 1. The molecule has 1 atom stereocenters. The molecule has 1 aliphatic rings. The van der Waals surface area contributed by atoms with Gasteiger partial charge in [0.05, 0.1) is 13.2 Å². The van der Waals surface area contributed by atoms with E-state index in [0.29, 0.717) is 11.4 Å². The number of likely N-dealkylation sites (tertiary alicyclic amines) is 1. The van der Waals surface area contributed by atoms with Gasteiger partial charge >= 0.3 is 0 Å². The first kappa shape index (κ1) is 13.5. The Kier molecular flexibility index (Phi) is 3.56. The Labute approximate surface area is 123 Å². The highest BCUT2D eigenvalue weighted by Gasteiger charge is 2.31. The standard InChI is InChI=1S/C16H19N3O2/c1-21-13-5-2-4-11(8-13)15-6-3-7-19(15)16(20)14-9-12(17)10-18-14/h2,4-5,8-10,15,18H,3,6-7,17H2,1H3. The van der Waals surface area contributed by atoms with Crippen molar-refractivity contribution < 1.29 is 9.53 Å². The fourth-order valence-electron chi connectivity index (χ4n) is 2.89. The van der Waals surface area contributed by atoms with Crippen LogP contribution in [0.2, 0.25) is 0 Å². The predicted octanol–water partition coefficient (Wildman–Crippen LogP) is 2.58. The molecule has 1 saturated heterocycles. The molecule has 3 N–H and O–H groups in total. The summed E-state index contributed by atoms with van der Waals surface area (Å²) in [5.74, 6) is 0.813. The fourth-order valence-corrected chi connectivity index (χ4v) is 2.89. The lowest BCUT2D eigenvalue weighted by molar-refractivity contribution is 0.0730. The molecule has 2 aromatic rings. The van der Waals surface area contributed by atoms with Gasteiger partial charge in [-0.15, -0.1) is 0 Å². The number of aromatic nitrogens is 1. The third-order valence-electron chi connectivity index (χ3n) is 3.93. The zero-order chi connectivity index (χ0) is 14.8. The van der Waals surface area contributed by atoms with Gasteiger partial charge in [-0.3, -0.25) is 4.79 Å². The minimum absolute atomic E-state index is 0.00276. The van der Waals surface area contributed by atoms with Crippen LogP contribution in [0.25, 0.3) is 0 Å². The molecule has 1 aromatic carbocycles. The van der Waals surface area contributed by atoms with Crippen LogP contribution < -0.4 is 10.5 Å². The van der Waals surface area contributed by atoms with E-state index < -0.39 is 0 Å². The van der Waals surface area contributed by atoms with Crippen LogP contribution in [0.5, 0.6) is 5.75 Å². The predicted molar refractivity (Wildman–Crippen MR) is 81.2 cm³/mol. The molecule has 1 aromatic heterocycles. The third-order valence-corrected chi connectivity index (χ3v) is 3.93. The van der Waals surface area contributed by atoms with Crippen molar-refractivity contribution in [3.63, 3.8) is 0 Å². The Bertz CT molecular complexity index is 650. The maximum absolute atomic E-state index is 12.6. The van der Waals surface area contributed by atoms with Gasteiger partial charge in [0.15, 0.2) is 0 Å². The molecule has 0 bridgehead atoms. The number of nitrogens with zero attached hydrogens (tertiary/aromatic N) is 1. The summed E-state index contributed by atoms with van der Waals surface area (Å²) < 4.78 is 5.27. The normalized spacial score (nSPS) is 18.0. The second-order valence-corrected chi connectivity index (χ2v) is 5.28. The van der Waals surface area contributed by atoms with Crippen molar-refractivity contribution in [3.8, 4) is 5.75 Å². The smallest absolute Gasteiger partial charge is 0.270 e. The van der Waals surface area contributed by atoms with E-state index in [1.54, 1.807) is 19.4 Å². The molecule has 0 radical (unpaired) electrons. The second-order valence-electron chi connectivity index (χ2n) is 5.28. The summed E-state index contributed by atoms with van der Waals surface area (Å²) in [5.41, 5.74) is 7.91. The number of amides is 1. The van der Waals surface area contributed by atoms with Gasteiger partial charge in [0, 0.05) is 18.4 Å². The number of hydrogen-bond donors (Lipinski definition) is 2. The molecule has 3 rings (SSSR count). The zero-order valence-electron chi connectivity index (χ0n) is 12.0. The minimum Gasteiger partial charge on any atom is -0.497 e. The van der Waals surface area contributed by atoms with Gasteiger partial charge in [-0.05, 0) is 36.6 Å². The van der Waals surface area contributed by atoms with Crippen LogP contribution >= 0.6 is 0 Å². The highest BCUT2D eigenvalue weighted by atomic mass is 16.5. The molecule has 5 nitrogen and oxygen atoms in total. The van der Waals surface area contributed by atoms with Crippen LogP contribution in [0.4, 0.5) is 5.69 Å². The molecule has 21 heavy (non-hydrogen) atoms. The van der Waals surface area contributed by atoms with Crippen LogP contribution in [-0.2, 0) is 0 Å². The first-order valence-corrected chi connectivity index (χ1v) is 7.08. The highest BCUT2D eigenvalue weighted by Crippen LogP contribution is 2.34. The van der Waals surface area contributed by atoms with Crippen molar-refractivity contribution in [1.82, 2.24) is 9.88 Å². The zero-order valence-corrected chi connectivity index (χ0v) is 12.0. The van der Waals surface area contributed by atoms with Crippen molar-refractivity contribution >= 4 is 11.6 Å². The maximum Gasteiger partial charge on any atom is 0.270 e. The first-order valence-electron chi connectivity index (χ1n) is 7.08. The number of anilines is 1. The fraction of sp³-hybridized carbons (Fsp3) is 0.312. The lowest BCUT2D eigenvalue weighted by Crippen LogP contribution is -2.30. The lowest BCUT2D eigenvalue weighted by atomic mass is 10.0. The number of carbonyl (C=O) groups is 1. The number of nitrogen functional groups attached to an aromatic ring is 1. The van der Waals surface area contributed by atoms with E-state index in [2.05, 4.69) is 4.98 Å². The topological polar surface area (TPSA) is 71.3 Å². The molecule has 5 heteroatoms. The average Bonchev–Trinajstić information content (AvgIpc) is 3.15. The summed E-state index contributed by atoms with van der Waals surface area (Å²) in [7, 11) is 1.65. The molecular formula is C16H19N3O2. The summed E-state index contributed by atoms with van der Waals surface area (Å²) in [6, 6.07) is 9.69. The second kappa shape index (κ2) is 5.52. The van der Waals surface area contributed by atoms with Gasteiger partial charge in [-0.25, -0.2) is 0 Å². The molecule has 0 saturated carbocycles. The van der Waals surface area contributed by atoms with Gasteiger partial charge in [0.1, 0.15) is 11.4 Å². The first-order chi connectivity index (χ1) is 10.2. The Balaban J connectivity index is 1.86. The monoisotopic (exact) mass is 285 g/mol. The number of aromatic amines is 1. The number of methoxy groups -OCH3 is 1. The number of ether oxygens (including phenoxy) is 1. The van der Waals surface area contributed by atoms with E-state index in [-0.39, 0.29) is 11.9 Å². The quantitative estimate of drug-likeness (QED) is 0.910. The van der Waals surface area contributed by atoms with Gasteiger partial charge < -0.3 is 20.4 Å². The van der Waals surface area contributed by atoms with Crippen molar-refractivity contribution in [2.75, 3.05) is 19.4 Å². The van der Waals surface area contributed by atoms with Gasteiger partial charge in [-0.2, -0.15) is 0 Å². The van der Waals surface area contributed by atoms with Crippen LogP contribution in [0, 0.1) is 0 Å². The van der Waals surface area contributed by atoms with Gasteiger partial charge in [0.2, 0.25) is 0 Å². The van der Waals surface area contributed by atoms with E-state index in [1.807, 2.05) is 29.2 Å². The number of benzene rings is 1.